The van der Waals surface area contributed by atoms with Crippen molar-refractivity contribution in [3.63, 3.8) is 0 Å². The molecule has 2 aromatic rings. The summed E-state index contributed by atoms with van der Waals surface area (Å²) in [4.78, 5) is 16.7. The van der Waals surface area contributed by atoms with Crippen molar-refractivity contribution in [1.29, 1.82) is 0 Å². The number of rotatable bonds is 4. The molecule has 1 aliphatic rings. The maximum absolute atomic E-state index is 11.1. The molecule has 6 heteroatoms. The molecule has 0 saturated heterocycles. The average Bonchev–Trinajstić information content (AvgIpc) is 2.96. The van der Waals surface area contributed by atoms with Gasteiger partial charge in [0.2, 0.25) is 0 Å². The third-order valence-corrected chi connectivity index (χ3v) is 5.27. The van der Waals surface area contributed by atoms with E-state index in [2.05, 4.69) is 26.2 Å². The number of aromatic nitrogens is 1. The minimum atomic E-state index is -0.772. The second-order valence-electron chi connectivity index (χ2n) is 4.70. The van der Waals surface area contributed by atoms with Crippen LogP contribution in [0.1, 0.15) is 28.5 Å². The van der Waals surface area contributed by atoms with Crippen LogP contribution >= 0.6 is 27.3 Å². The lowest BCUT2D eigenvalue weighted by molar-refractivity contribution is -0.138. The van der Waals surface area contributed by atoms with Gasteiger partial charge in [0.25, 0.3) is 0 Å². The van der Waals surface area contributed by atoms with Crippen LogP contribution in [0.3, 0.4) is 0 Å². The molecule has 1 atom stereocenters. The lowest BCUT2D eigenvalue weighted by atomic mass is 10.1. The van der Waals surface area contributed by atoms with Gasteiger partial charge in [0.15, 0.2) is 5.13 Å². The van der Waals surface area contributed by atoms with Gasteiger partial charge in [0.05, 0.1) is 5.69 Å². The lowest BCUT2D eigenvalue weighted by Crippen LogP contribution is -2.09. The molecule has 0 radical (unpaired) electrons. The van der Waals surface area contributed by atoms with E-state index in [1.807, 2.05) is 24.3 Å². The van der Waals surface area contributed by atoms with Crippen molar-refractivity contribution in [2.24, 2.45) is 0 Å². The van der Waals surface area contributed by atoms with Gasteiger partial charge in [0.1, 0.15) is 5.92 Å². The Morgan fingerprint density at radius 3 is 3.05 bits per heavy atom. The molecule has 104 valence electrons. The van der Waals surface area contributed by atoms with Crippen LogP contribution in [0.15, 0.2) is 28.7 Å². The molecular formula is C14H13BrN2O2S. The Morgan fingerprint density at radius 2 is 2.30 bits per heavy atom. The highest BCUT2D eigenvalue weighted by atomic mass is 79.9. The van der Waals surface area contributed by atoms with Gasteiger partial charge < -0.3 is 10.4 Å². The van der Waals surface area contributed by atoms with Crippen LogP contribution in [0.25, 0.3) is 0 Å². The number of carboxylic acid groups (broad SMARTS) is 1. The number of fused-ring (bicyclic) bond motifs is 1. The first-order valence-corrected chi connectivity index (χ1v) is 7.96. The van der Waals surface area contributed by atoms with Crippen LogP contribution in [-0.4, -0.2) is 16.1 Å². The van der Waals surface area contributed by atoms with E-state index >= 15 is 0 Å². The van der Waals surface area contributed by atoms with E-state index in [9.17, 15) is 4.79 Å². The van der Waals surface area contributed by atoms with Crippen LogP contribution in [0.4, 0.5) is 5.13 Å². The fourth-order valence-corrected chi connectivity index (χ4v) is 3.81. The van der Waals surface area contributed by atoms with Crippen LogP contribution in [0, 0.1) is 0 Å². The number of carboxylic acids is 1. The monoisotopic (exact) mass is 352 g/mol. The molecule has 1 heterocycles. The molecule has 0 saturated carbocycles. The Hall–Kier alpha value is -1.40. The van der Waals surface area contributed by atoms with Crippen molar-refractivity contribution in [3.8, 4) is 0 Å². The third-order valence-electron chi connectivity index (χ3n) is 3.40. The number of hydrogen-bond donors (Lipinski definition) is 2. The highest BCUT2D eigenvalue weighted by Gasteiger charge is 2.32. The molecule has 0 bridgehead atoms. The van der Waals surface area contributed by atoms with E-state index in [0.717, 1.165) is 32.2 Å². The first kappa shape index (κ1) is 13.6. The van der Waals surface area contributed by atoms with Gasteiger partial charge in [-0.25, -0.2) is 4.98 Å². The summed E-state index contributed by atoms with van der Waals surface area (Å²) in [5.74, 6) is -1.20. The van der Waals surface area contributed by atoms with E-state index in [0.29, 0.717) is 13.0 Å². The number of aryl methyl sites for hydroxylation is 1. The smallest absolute Gasteiger partial charge is 0.312 e. The number of benzene rings is 1. The van der Waals surface area contributed by atoms with Crippen molar-refractivity contribution in [3.05, 3.63) is 44.9 Å². The molecule has 3 rings (SSSR count). The summed E-state index contributed by atoms with van der Waals surface area (Å²) < 4.78 is 1.06. The summed E-state index contributed by atoms with van der Waals surface area (Å²) in [6.45, 7) is 0.672. The van der Waals surface area contributed by atoms with Crippen LogP contribution in [-0.2, 0) is 17.8 Å². The van der Waals surface area contributed by atoms with Gasteiger partial charge in [-0.2, -0.15) is 0 Å². The fraction of sp³-hybridized carbons (Fsp3) is 0.286. The quantitative estimate of drug-likeness (QED) is 0.881. The fourth-order valence-electron chi connectivity index (χ4n) is 2.36. The van der Waals surface area contributed by atoms with Crippen LogP contribution in [0.2, 0.25) is 0 Å². The molecule has 4 nitrogen and oxygen atoms in total. The molecule has 1 aliphatic carbocycles. The maximum atomic E-state index is 11.1. The Balaban J connectivity index is 1.73. The number of aliphatic carboxylic acids is 1. The van der Waals surface area contributed by atoms with Crippen molar-refractivity contribution in [1.82, 2.24) is 4.98 Å². The summed E-state index contributed by atoms with van der Waals surface area (Å²) in [7, 11) is 0. The minimum Gasteiger partial charge on any atom is -0.481 e. The number of anilines is 1. The Labute approximate surface area is 129 Å². The van der Waals surface area contributed by atoms with E-state index in [4.69, 9.17) is 5.11 Å². The molecule has 0 spiro atoms. The second kappa shape index (κ2) is 5.54. The molecule has 0 amide bonds. The molecule has 2 N–H and O–H groups in total. The first-order chi connectivity index (χ1) is 9.65. The van der Waals surface area contributed by atoms with Crippen LogP contribution in [0.5, 0.6) is 0 Å². The van der Waals surface area contributed by atoms with Crippen molar-refractivity contribution >= 4 is 38.4 Å². The van der Waals surface area contributed by atoms with Crippen LogP contribution < -0.4 is 5.32 Å². The van der Waals surface area contributed by atoms with Gasteiger partial charge in [0, 0.05) is 15.9 Å². The molecule has 0 aliphatic heterocycles. The van der Waals surface area contributed by atoms with Gasteiger partial charge in [-0.05, 0) is 24.5 Å². The minimum absolute atomic E-state index is 0.430. The number of nitrogens with zero attached hydrogens (tertiary/aromatic N) is 1. The standard InChI is InChI=1S/C14H13BrN2O2S/c15-10-4-2-1-3-8(10)7-16-14-17-12-9(13(18)19)5-6-11(12)20-14/h1-4,9H,5-7H2,(H,16,17)(H,18,19). The normalized spacial score (nSPS) is 16.9. The molecular weight excluding hydrogens is 340 g/mol. The van der Waals surface area contributed by atoms with Gasteiger partial charge in [-0.15, -0.1) is 11.3 Å². The predicted octanol–water partition coefficient (Wildman–Crippen LogP) is 3.63. The molecule has 1 aromatic heterocycles. The zero-order valence-corrected chi connectivity index (χ0v) is 13.0. The van der Waals surface area contributed by atoms with E-state index < -0.39 is 11.9 Å². The Morgan fingerprint density at radius 1 is 1.50 bits per heavy atom. The third kappa shape index (κ3) is 2.58. The topological polar surface area (TPSA) is 62.2 Å². The van der Waals surface area contributed by atoms with Gasteiger partial charge >= 0.3 is 5.97 Å². The highest BCUT2D eigenvalue weighted by Crippen LogP contribution is 2.38. The van der Waals surface area contributed by atoms with Gasteiger partial charge in [-0.3, -0.25) is 4.79 Å². The van der Waals surface area contributed by atoms with Crippen molar-refractivity contribution in [2.45, 2.75) is 25.3 Å². The Kier molecular flexibility index (Phi) is 3.76. The second-order valence-corrected chi connectivity index (χ2v) is 6.64. The summed E-state index contributed by atoms with van der Waals surface area (Å²) >= 11 is 5.08. The number of halogens is 1. The number of hydrogen-bond acceptors (Lipinski definition) is 4. The maximum Gasteiger partial charge on any atom is 0.312 e. The summed E-state index contributed by atoms with van der Waals surface area (Å²) in [5.41, 5.74) is 1.90. The zero-order valence-electron chi connectivity index (χ0n) is 10.6. The van der Waals surface area contributed by atoms with Crippen molar-refractivity contribution < 1.29 is 9.90 Å². The van der Waals surface area contributed by atoms with E-state index in [-0.39, 0.29) is 0 Å². The summed E-state index contributed by atoms with van der Waals surface area (Å²) in [6.07, 6.45) is 1.49. The molecule has 1 unspecified atom stereocenters. The van der Waals surface area contributed by atoms with E-state index in [1.165, 1.54) is 0 Å². The lowest BCUT2D eigenvalue weighted by Gasteiger charge is -2.06. The summed E-state index contributed by atoms with van der Waals surface area (Å²) in [6, 6.07) is 8.00. The number of carbonyl (C=O) groups is 1. The van der Waals surface area contributed by atoms with Gasteiger partial charge in [-0.1, -0.05) is 34.1 Å². The predicted molar refractivity (Wildman–Crippen MR) is 82.3 cm³/mol. The SMILES string of the molecule is O=C(O)C1CCc2sc(NCc3ccccc3Br)nc21. The molecule has 0 fully saturated rings. The first-order valence-electron chi connectivity index (χ1n) is 6.35. The zero-order chi connectivity index (χ0) is 14.1. The average molecular weight is 353 g/mol. The van der Waals surface area contributed by atoms with Crippen molar-refractivity contribution in [2.75, 3.05) is 5.32 Å². The highest BCUT2D eigenvalue weighted by molar-refractivity contribution is 9.10. The number of nitrogens with one attached hydrogen (secondary N) is 1. The van der Waals surface area contributed by atoms with E-state index in [1.54, 1.807) is 11.3 Å². The number of thiazole rings is 1. The molecule has 20 heavy (non-hydrogen) atoms. The largest absolute Gasteiger partial charge is 0.481 e. The molecule has 1 aromatic carbocycles. The summed E-state index contributed by atoms with van der Waals surface area (Å²) in [5, 5.41) is 13.2. The Bertz CT molecular complexity index is 656.